The Balaban J connectivity index is 5.19. The molecular formula is C14H26O4P2. The van der Waals surface area contributed by atoms with Crippen LogP contribution in [0.3, 0.4) is 0 Å². The summed E-state index contributed by atoms with van der Waals surface area (Å²) in [5.74, 6) is 0. The molecule has 116 valence electrons. The summed E-state index contributed by atoms with van der Waals surface area (Å²) in [4.78, 5) is 0. The lowest BCUT2D eigenvalue weighted by Crippen LogP contribution is -2.19. The maximum Gasteiger partial charge on any atom is 0.0919 e. The molecule has 0 amide bonds. The molecule has 0 heterocycles. The topological polar surface area (TPSA) is 74.6 Å². The number of rotatable bonds is 8. The van der Waals surface area contributed by atoms with E-state index in [1.165, 1.54) is 12.2 Å². The third-order valence-electron chi connectivity index (χ3n) is 3.02. The smallest absolute Gasteiger partial charge is 0.0919 e. The summed E-state index contributed by atoms with van der Waals surface area (Å²) < 4.78 is 24.6. The van der Waals surface area contributed by atoms with E-state index in [0.717, 1.165) is 0 Å². The Morgan fingerprint density at radius 2 is 1.70 bits per heavy atom. The fraction of sp³-hybridized carbons (Fsp3) is 0.571. The molecular weight excluding hydrogens is 294 g/mol. The third-order valence-corrected chi connectivity index (χ3v) is 9.65. The molecule has 0 saturated heterocycles. The SMILES string of the molecule is C=C/C(=C\C=C\CO)C(O)CC(P(C)(C)=O)P(C)(C)=O. The van der Waals surface area contributed by atoms with E-state index in [1.54, 1.807) is 38.8 Å². The first kappa shape index (κ1) is 19.6. The van der Waals surface area contributed by atoms with Crippen LogP contribution in [0.4, 0.5) is 0 Å². The van der Waals surface area contributed by atoms with Crippen LogP contribution in [-0.4, -0.2) is 55.0 Å². The lowest BCUT2D eigenvalue weighted by Gasteiger charge is -2.27. The Morgan fingerprint density at radius 1 is 1.20 bits per heavy atom. The van der Waals surface area contributed by atoms with Gasteiger partial charge in [0.15, 0.2) is 0 Å². The summed E-state index contributed by atoms with van der Waals surface area (Å²) in [6.07, 6.45) is 5.60. The average Bonchev–Trinajstić information content (AvgIpc) is 2.28. The van der Waals surface area contributed by atoms with Crippen molar-refractivity contribution in [3.8, 4) is 0 Å². The normalized spacial score (nSPS) is 15.8. The van der Waals surface area contributed by atoms with Crippen LogP contribution in [0, 0.1) is 0 Å². The quantitative estimate of drug-likeness (QED) is 0.532. The summed E-state index contributed by atoms with van der Waals surface area (Å²) in [5, 5.41) is 18.4. The van der Waals surface area contributed by atoms with E-state index < -0.39 is 25.8 Å². The molecule has 0 aromatic carbocycles. The van der Waals surface area contributed by atoms with Crippen LogP contribution in [0.15, 0.2) is 36.5 Å². The minimum Gasteiger partial charge on any atom is -0.392 e. The van der Waals surface area contributed by atoms with E-state index in [1.807, 2.05) is 0 Å². The second-order valence-corrected chi connectivity index (χ2v) is 13.0. The molecule has 0 aliphatic rings. The van der Waals surface area contributed by atoms with Gasteiger partial charge in [-0.3, -0.25) is 0 Å². The molecule has 0 aromatic heterocycles. The van der Waals surface area contributed by atoms with Gasteiger partial charge >= 0.3 is 0 Å². The Morgan fingerprint density at radius 3 is 2.05 bits per heavy atom. The molecule has 0 spiro atoms. The van der Waals surface area contributed by atoms with Crippen molar-refractivity contribution in [1.29, 1.82) is 0 Å². The van der Waals surface area contributed by atoms with Crippen molar-refractivity contribution in [2.75, 3.05) is 33.3 Å². The predicted molar refractivity (Wildman–Crippen MR) is 87.8 cm³/mol. The monoisotopic (exact) mass is 320 g/mol. The lowest BCUT2D eigenvalue weighted by atomic mass is 10.1. The minimum absolute atomic E-state index is 0.0854. The predicted octanol–water partition coefficient (Wildman–Crippen LogP) is 2.97. The Kier molecular flexibility index (Phi) is 7.98. The van der Waals surface area contributed by atoms with Gasteiger partial charge in [0, 0.05) is 0 Å². The van der Waals surface area contributed by atoms with Crippen LogP contribution in [0.25, 0.3) is 0 Å². The first-order chi connectivity index (χ1) is 9.04. The van der Waals surface area contributed by atoms with E-state index >= 15 is 0 Å². The molecule has 0 aliphatic heterocycles. The van der Waals surface area contributed by atoms with Gasteiger partial charge in [0.1, 0.15) is 0 Å². The fourth-order valence-electron chi connectivity index (χ4n) is 2.07. The van der Waals surface area contributed by atoms with Crippen molar-refractivity contribution in [3.05, 3.63) is 36.5 Å². The Bertz CT molecular complexity index is 446. The Hall–Kier alpha value is -0.400. The van der Waals surface area contributed by atoms with Gasteiger partial charge in [0.05, 0.1) is 32.4 Å². The zero-order chi connectivity index (χ0) is 16.0. The largest absolute Gasteiger partial charge is 0.392 e. The highest BCUT2D eigenvalue weighted by atomic mass is 31.2. The van der Waals surface area contributed by atoms with Crippen LogP contribution in [-0.2, 0) is 9.13 Å². The van der Waals surface area contributed by atoms with Gasteiger partial charge in [-0.1, -0.05) is 30.9 Å². The van der Waals surface area contributed by atoms with Crippen molar-refractivity contribution < 1.29 is 19.3 Å². The molecule has 0 aromatic rings. The maximum atomic E-state index is 12.3. The molecule has 0 bridgehead atoms. The van der Waals surface area contributed by atoms with Gasteiger partial charge in [-0.05, 0) is 38.7 Å². The summed E-state index contributed by atoms with van der Waals surface area (Å²) >= 11 is 0. The highest BCUT2D eigenvalue weighted by Gasteiger charge is 2.35. The van der Waals surface area contributed by atoms with Gasteiger partial charge < -0.3 is 19.3 Å². The standard InChI is InChI=1S/C14H26O4P2/c1-6-12(9-7-8-10-15)13(16)11-14(19(2,3)17)20(4,5)18/h6-9,13-16H,1,10-11H2,2-5H3/b8-7+,12-9+. The van der Waals surface area contributed by atoms with Crippen LogP contribution < -0.4 is 0 Å². The summed E-state index contributed by atoms with van der Waals surface area (Å²) in [6, 6.07) is 0. The first-order valence-corrected chi connectivity index (χ1v) is 11.8. The molecule has 6 heteroatoms. The molecule has 2 N–H and O–H groups in total. The number of aliphatic hydroxyl groups excluding tert-OH is 2. The van der Waals surface area contributed by atoms with Gasteiger partial charge in [-0.2, -0.15) is 0 Å². The van der Waals surface area contributed by atoms with Crippen molar-refractivity contribution in [2.24, 2.45) is 0 Å². The van der Waals surface area contributed by atoms with Gasteiger partial charge in [0.2, 0.25) is 0 Å². The molecule has 0 fully saturated rings. The van der Waals surface area contributed by atoms with Crippen LogP contribution in [0.5, 0.6) is 0 Å². The fourth-order valence-corrected chi connectivity index (χ4v) is 8.84. The van der Waals surface area contributed by atoms with Gasteiger partial charge in [-0.15, -0.1) is 0 Å². The van der Waals surface area contributed by atoms with Crippen molar-refractivity contribution in [3.63, 3.8) is 0 Å². The molecule has 0 aliphatic carbocycles. The molecule has 0 rings (SSSR count). The second-order valence-electron chi connectivity index (χ2n) is 5.58. The summed E-state index contributed by atoms with van der Waals surface area (Å²) in [6.45, 7) is 9.96. The average molecular weight is 320 g/mol. The molecule has 1 unspecified atom stereocenters. The number of aliphatic hydroxyl groups is 2. The molecule has 20 heavy (non-hydrogen) atoms. The molecule has 1 atom stereocenters. The van der Waals surface area contributed by atoms with Crippen LogP contribution >= 0.6 is 14.3 Å². The van der Waals surface area contributed by atoms with Gasteiger partial charge in [0.25, 0.3) is 0 Å². The van der Waals surface area contributed by atoms with Crippen molar-refractivity contribution in [1.82, 2.24) is 0 Å². The number of hydrogen-bond donors (Lipinski definition) is 2. The van der Waals surface area contributed by atoms with Crippen molar-refractivity contribution in [2.45, 2.75) is 17.9 Å². The number of hydrogen-bond acceptors (Lipinski definition) is 4. The molecule has 0 saturated carbocycles. The van der Waals surface area contributed by atoms with E-state index in [2.05, 4.69) is 6.58 Å². The highest BCUT2D eigenvalue weighted by molar-refractivity contribution is 7.80. The molecule has 0 radical (unpaired) electrons. The maximum absolute atomic E-state index is 12.3. The van der Waals surface area contributed by atoms with E-state index in [-0.39, 0.29) is 13.0 Å². The summed E-state index contributed by atoms with van der Waals surface area (Å²) in [7, 11) is -5.15. The third kappa shape index (κ3) is 6.85. The first-order valence-electron chi connectivity index (χ1n) is 6.41. The van der Waals surface area contributed by atoms with E-state index in [9.17, 15) is 14.2 Å². The zero-order valence-corrected chi connectivity index (χ0v) is 14.5. The lowest BCUT2D eigenvalue weighted by molar-refractivity contribution is 0.208. The summed E-state index contributed by atoms with van der Waals surface area (Å²) in [5.41, 5.74) is 0.557. The van der Waals surface area contributed by atoms with E-state index in [0.29, 0.717) is 5.57 Å². The molecule has 4 nitrogen and oxygen atoms in total. The van der Waals surface area contributed by atoms with E-state index in [4.69, 9.17) is 5.11 Å². The van der Waals surface area contributed by atoms with Gasteiger partial charge in [-0.25, -0.2) is 0 Å². The zero-order valence-electron chi connectivity index (χ0n) is 12.7. The highest BCUT2D eigenvalue weighted by Crippen LogP contribution is 2.62. The minimum atomic E-state index is -2.58. The van der Waals surface area contributed by atoms with Crippen LogP contribution in [0.1, 0.15) is 6.42 Å². The number of allylic oxidation sites excluding steroid dienone is 2. The van der Waals surface area contributed by atoms with Crippen LogP contribution in [0.2, 0.25) is 0 Å². The Labute approximate surface area is 122 Å². The second kappa shape index (κ2) is 8.14. The van der Waals surface area contributed by atoms with Crippen molar-refractivity contribution >= 4 is 14.3 Å².